The van der Waals surface area contributed by atoms with E-state index >= 15 is 0 Å². The Labute approximate surface area is 113 Å². The fourth-order valence-electron chi connectivity index (χ4n) is 2.89. The van der Waals surface area contributed by atoms with Gasteiger partial charge in [-0.2, -0.15) is 0 Å². The molecule has 0 saturated carbocycles. The molecular formula is C15H32N2O. The third kappa shape index (κ3) is 5.68. The molecule has 0 aromatic heterocycles. The lowest BCUT2D eigenvalue weighted by Crippen LogP contribution is -2.46. The molecule has 1 fully saturated rings. The predicted octanol–water partition coefficient (Wildman–Crippen LogP) is 2.25. The topological polar surface area (TPSA) is 35.5 Å². The minimum absolute atomic E-state index is 0.331. The van der Waals surface area contributed by atoms with Gasteiger partial charge in [-0.25, -0.2) is 0 Å². The first kappa shape index (κ1) is 15.9. The van der Waals surface area contributed by atoms with Crippen LogP contribution in [-0.2, 0) is 0 Å². The van der Waals surface area contributed by atoms with E-state index in [1.165, 1.54) is 38.8 Å². The molecule has 0 aromatic carbocycles. The van der Waals surface area contributed by atoms with Crippen LogP contribution in [0.15, 0.2) is 0 Å². The number of rotatable bonds is 8. The zero-order chi connectivity index (χ0) is 13.4. The van der Waals surface area contributed by atoms with E-state index in [4.69, 9.17) is 5.11 Å². The Bertz CT molecular complexity index is 195. The smallest absolute Gasteiger partial charge is 0.0434 e. The van der Waals surface area contributed by atoms with Crippen LogP contribution in [0.4, 0.5) is 0 Å². The second-order valence-corrected chi connectivity index (χ2v) is 5.98. The lowest BCUT2D eigenvalue weighted by Gasteiger charge is -2.35. The molecule has 0 spiro atoms. The molecule has 1 rings (SSSR count). The third-order valence-corrected chi connectivity index (χ3v) is 4.19. The van der Waals surface area contributed by atoms with Crippen LogP contribution >= 0.6 is 0 Å². The Morgan fingerprint density at radius 2 is 1.89 bits per heavy atom. The largest absolute Gasteiger partial charge is 0.396 e. The van der Waals surface area contributed by atoms with E-state index in [1.54, 1.807) is 0 Å². The Morgan fingerprint density at radius 1 is 1.22 bits per heavy atom. The maximum atomic E-state index is 9.06. The number of hydrogen-bond acceptors (Lipinski definition) is 3. The van der Waals surface area contributed by atoms with Crippen LogP contribution in [0.1, 0.15) is 52.9 Å². The maximum absolute atomic E-state index is 9.06. The van der Waals surface area contributed by atoms with Gasteiger partial charge in [0, 0.05) is 18.7 Å². The standard InChI is InChI=1S/C15H32N2O/c1-4-5-14(8-11-18)12-16-15-6-9-17(10-7-15)13(2)3/h13-16,18H,4-12H2,1-3H3. The lowest BCUT2D eigenvalue weighted by molar-refractivity contribution is 0.157. The molecule has 0 bridgehead atoms. The number of aliphatic hydroxyl groups excluding tert-OH is 1. The second kappa shape index (κ2) is 8.89. The van der Waals surface area contributed by atoms with Gasteiger partial charge in [-0.05, 0) is 65.1 Å². The van der Waals surface area contributed by atoms with Crippen molar-refractivity contribution in [1.29, 1.82) is 0 Å². The van der Waals surface area contributed by atoms with E-state index < -0.39 is 0 Å². The van der Waals surface area contributed by atoms with E-state index in [0.29, 0.717) is 24.6 Å². The fraction of sp³-hybridized carbons (Fsp3) is 1.00. The molecule has 0 aromatic rings. The van der Waals surface area contributed by atoms with E-state index in [-0.39, 0.29) is 0 Å². The molecule has 1 heterocycles. The van der Waals surface area contributed by atoms with Gasteiger partial charge in [0.05, 0.1) is 0 Å². The van der Waals surface area contributed by atoms with Crippen LogP contribution < -0.4 is 5.32 Å². The number of nitrogens with one attached hydrogen (secondary N) is 1. The number of hydrogen-bond donors (Lipinski definition) is 2. The summed E-state index contributed by atoms with van der Waals surface area (Å²) in [5.74, 6) is 0.656. The number of nitrogens with zero attached hydrogens (tertiary/aromatic N) is 1. The summed E-state index contributed by atoms with van der Waals surface area (Å²) in [4.78, 5) is 2.56. The first-order valence-electron chi connectivity index (χ1n) is 7.75. The first-order chi connectivity index (χ1) is 8.67. The van der Waals surface area contributed by atoms with Gasteiger partial charge in [0.1, 0.15) is 0 Å². The molecule has 3 heteroatoms. The SMILES string of the molecule is CCCC(CCO)CNC1CCN(C(C)C)CC1. The van der Waals surface area contributed by atoms with Gasteiger partial charge in [-0.1, -0.05) is 13.3 Å². The summed E-state index contributed by atoms with van der Waals surface area (Å²) in [7, 11) is 0. The van der Waals surface area contributed by atoms with E-state index in [9.17, 15) is 0 Å². The quantitative estimate of drug-likeness (QED) is 0.699. The zero-order valence-corrected chi connectivity index (χ0v) is 12.5. The molecule has 1 aliphatic heterocycles. The first-order valence-corrected chi connectivity index (χ1v) is 7.75. The molecule has 1 atom stereocenters. The van der Waals surface area contributed by atoms with Crippen molar-refractivity contribution in [3.8, 4) is 0 Å². The molecule has 108 valence electrons. The fourth-order valence-corrected chi connectivity index (χ4v) is 2.89. The van der Waals surface area contributed by atoms with Gasteiger partial charge in [0.2, 0.25) is 0 Å². The van der Waals surface area contributed by atoms with Crippen molar-refractivity contribution < 1.29 is 5.11 Å². The van der Waals surface area contributed by atoms with Crippen molar-refractivity contribution in [2.24, 2.45) is 5.92 Å². The van der Waals surface area contributed by atoms with Crippen molar-refractivity contribution in [1.82, 2.24) is 10.2 Å². The minimum atomic E-state index is 0.331. The summed E-state index contributed by atoms with van der Waals surface area (Å²) in [5, 5.41) is 12.8. The molecule has 1 unspecified atom stereocenters. The highest BCUT2D eigenvalue weighted by Crippen LogP contribution is 2.15. The van der Waals surface area contributed by atoms with E-state index in [2.05, 4.69) is 31.0 Å². The number of likely N-dealkylation sites (tertiary alicyclic amines) is 1. The summed E-state index contributed by atoms with van der Waals surface area (Å²) in [6.45, 7) is 10.7. The Kier molecular flexibility index (Phi) is 7.87. The highest BCUT2D eigenvalue weighted by atomic mass is 16.3. The summed E-state index contributed by atoms with van der Waals surface area (Å²) in [6.07, 6.45) is 5.95. The molecule has 0 amide bonds. The Hall–Kier alpha value is -0.120. The van der Waals surface area contributed by atoms with Gasteiger partial charge in [0.15, 0.2) is 0 Å². The molecule has 1 saturated heterocycles. The average Bonchev–Trinajstić information content (AvgIpc) is 2.37. The summed E-state index contributed by atoms with van der Waals surface area (Å²) >= 11 is 0. The molecule has 18 heavy (non-hydrogen) atoms. The van der Waals surface area contributed by atoms with Crippen molar-refractivity contribution in [2.45, 2.75) is 65.0 Å². The van der Waals surface area contributed by atoms with Crippen molar-refractivity contribution in [2.75, 3.05) is 26.2 Å². The van der Waals surface area contributed by atoms with Crippen LogP contribution in [0.25, 0.3) is 0 Å². The molecule has 1 aliphatic rings. The van der Waals surface area contributed by atoms with Gasteiger partial charge in [-0.15, -0.1) is 0 Å². The monoisotopic (exact) mass is 256 g/mol. The van der Waals surface area contributed by atoms with Crippen molar-refractivity contribution >= 4 is 0 Å². The summed E-state index contributed by atoms with van der Waals surface area (Å²) in [5.41, 5.74) is 0. The van der Waals surface area contributed by atoms with Gasteiger partial charge < -0.3 is 15.3 Å². The molecule has 3 nitrogen and oxygen atoms in total. The van der Waals surface area contributed by atoms with Crippen LogP contribution in [0, 0.1) is 5.92 Å². The zero-order valence-electron chi connectivity index (χ0n) is 12.5. The van der Waals surface area contributed by atoms with Gasteiger partial charge >= 0.3 is 0 Å². The lowest BCUT2D eigenvalue weighted by atomic mass is 9.98. The van der Waals surface area contributed by atoms with Crippen LogP contribution in [0.2, 0.25) is 0 Å². The molecule has 0 radical (unpaired) electrons. The highest BCUT2D eigenvalue weighted by molar-refractivity contribution is 4.79. The number of aliphatic hydroxyl groups is 1. The predicted molar refractivity (Wildman–Crippen MR) is 77.8 cm³/mol. The minimum Gasteiger partial charge on any atom is -0.396 e. The Morgan fingerprint density at radius 3 is 2.39 bits per heavy atom. The van der Waals surface area contributed by atoms with Crippen LogP contribution in [0.5, 0.6) is 0 Å². The third-order valence-electron chi connectivity index (χ3n) is 4.19. The van der Waals surface area contributed by atoms with Gasteiger partial charge in [0.25, 0.3) is 0 Å². The number of piperidine rings is 1. The summed E-state index contributed by atoms with van der Waals surface area (Å²) in [6, 6.07) is 1.38. The average molecular weight is 256 g/mol. The normalized spacial score (nSPS) is 20.5. The maximum Gasteiger partial charge on any atom is 0.0434 e. The summed E-state index contributed by atoms with van der Waals surface area (Å²) < 4.78 is 0. The molecule has 2 N–H and O–H groups in total. The van der Waals surface area contributed by atoms with Gasteiger partial charge in [-0.3, -0.25) is 0 Å². The van der Waals surface area contributed by atoms with Crippen molar-refractivity contribution in [3.05, 3.63) is 0 Å². The Balaban J connectivity index is 2.19. The highest BCUT2D eigenvalue weighted by Gasteiger charge is 2.21. The van der Waals surface area contributed by atoms with Crippen LogP contribution in [-0.4, -0.2) is 48.3 Å². The second-order valence-electron chi connectivity index (χ2n) is 5.98. The molecular weight excluding hydrogens is 224 g/mol. The van der Waals surface area contributed by atoms with E-state index in [0.717, 1.165) is 13.0 Å². The van der Waals surface area contributed by atoms with Crippen LogP contribution in [0.3, 0.4) is 0 Å². The van der Waals surface area contributed by atoms with E-state index in [1.807, 2.05) is 0 Å². The van der Waals surface area contributed by atoms with Crippen molar-refractivity contribution in [3.63, 3.8) is 0 Å². The molecule has 0 aliphatic carbocycles.